The maximum Gasteiger partial charge on any atom is 0.289 e. The first-order chi connectivity index (χ1) is 15.3. The highest BCUT2D eigenvalue weighted by Gasteiger charge is 2.27. The highest BCUT2D eigenvalue weighted by molar-refractivity contribution is 5.97. The fraction of sp³-hybridized carbons (Fsp3) is 0.625. The zero-order valence-electron chi connectivity index (χ0n) is 20.9. The van der Waals surface area contributed by atoms with Crippen LogP contribution in [0.3, 0.4) is 0 Å². The molecule has 2 atom stereocenters. The number of carbonyl (C=O) groups is 1. The van der Waals surface area contributed by atoms with Gasteiger partial charge in [-0.1, -0.05) is 31.4 Å². The number of halogens is 2. The smallest absolute Gasteiger partial charge is 0.289 e. The predicted molar refractivity (Wildman–Crippen MR) is 143 cm³/mol. The summed E-state index contributed by atoms with van der Waals surface area (Å²) < 4.78 is 5.12. The molecule has 0 saturated heterocycles. The van der Waals surface area contributed by atoms with Gasteiger partial charge in [-0.2, -0.15) is 0 Å². The number of methoxy groups -OCH3 is 1. The lowest BCUT2D eigenvalue weighted by Gasteiger charge is -2.33. The van der Waals surface area contributed by atoms with E-state index in [2.05, 4.69) is 39.5 Å². The molecule has 1 aliphatic carbocycles. The normalized spacial score (nSPS) is 18.0. The number of hydrogen-bond donors (Lipinski definition) is 4. The van der Waals surface area contributed by atoms with Crippen molar-refractivity contribution in [2.75, 3.05) is 25.6 Å². The Labute approximate surface area is 215 Å². The van der Waals surface area contributed by atoms with E-state index in [9.17, 15) is 4.79 Å². The van der Waals surface area contributed by atoms with E-state index < -0.39 is 0 Å². The Morgan fingerprint density at radius 2 is 1.85 bits per heavy atom. The number of carbonyl (C=O) groups excluding carboxylic acids is 1. The van der Waals surface area contributed by atoms with Gasteiger partial charge in [0.25, 0.3) is 5.91 Å². The Hall–Kier alpha value is -1.71. The lowest BCUT2D eigenvalue weighted by Crippen LogP contribution is -2.52. The third kappa shape index (κ3) is 8.20. The van der Waals surface area contributed by atoms with Crippen LogP contribution in [0.2, 0.25) is 0 Å². The lowest BCUT2D eigenvalue weighted by molar-refractivity contribution is 0.0901. The number of nitrogens with one attached hydrogen (secondary N) is 4. The third-order valence-corrected chi connectivity index (χ3v) is 6.20. The summed E-state index contributed by atoms with van der Waals surface area (Å²) in [7, 11) is 1.70. The second-order valence-corrected chi connectivity index (χ2v) is 9.31. The zero-order valence-corrected chi connectivity index (χ0v) is 22.5. The quantitative estimate of drug-likeness (QED) is 0.279. The Kier molecular flexibility index (Phi) is 12.5. The molecule has 34 heavy (non-hydrogen) atoms. The molecule has 1 aromatic heterocycles. The molecule has 1 aliphatic rings. The Morgan fingerprint density at radius 1 is 1.15 bits per heavy atom. The average Bonchev–Trinajstić information content (AvgIpc) is 2.77. The number of hydrazine groups is 1. The van der Waals surface area contributed by atoms with Gasteiger partial charge in [-0.05, 0) is 52.2 Å². The molecule has 1 heterocycles. The predicted octanol–water partition coefficient (Wildman–Crippen LogP) is 4.16. The number of amides is 1. The molecule has 1 saturated carbocycles. The molecule has 8 nitrogen and oxygen atoms in total. The molecular weight excluding hydrogens is 475 g/mol. The van der Waals surface area contributed by atoms with Crippen molar-refractivity contribution in [3.05, 3.63) is 29.6 Å². The minimum absolute atomic E-state index is 0. The van der Waals surface area contributed by atoms with E-state index in [-0.39, 0.29) is 54.2 Å². The minimum atomic E-state index is -0.317. The van der Waals surface area contributed by atoms with Crippen molar-refractivity contribution in [1.29, 1.82) is 0 Å². The monoisotopic (exact) mass is 514 g/mol. The van der Waals surface area contributed by atoms with E-state index >= 15 is 0 Å². The summed E-state index contributed by atoms with van der Waals surface area (Å²) in [5.41, 5.74) is 8.30. The molecular formula is C24H40Cl2N6O2. The summed E-state index contributed by atoms with van der Waals surface area (Å²) in [6.07, 6.45) is 5.27. The van der Waals surface area contributed by atoms with Gasteiger partial charge in [0.1, 0.15) is 5.82 Å². The van der Waals surface area contributed by atoms with E-state index in [1.165, 1.54) is 6.42 Å². The van der Waals surface area contributed by atoms with Gasteiger partial charge in [-0.15, -0.1) is 24.8 Å². The number of rotatable bonds is 10. The topological polar surface area (TPSA) is 100 Å². The zero-order chi connectivity index (χ0) is 23.1. The number of nitrogens with zero attached hydrogens (tertiary/aromatic N) is 2. The van der Waals surface area contributed by atoms with Crippen LogP contribution in [-0.2, 0) is 4.74 Å². The van der Waals surface area contributed by atoms with Crippen LogP contribution in [-0.4, -0.2) is 53.8 Å². The Bertz CT molecular complexity index is 928. The summed E-state index contributed by atoms with van der Waals surface area (Å²) in [4.78, 5) is 22.2. The molecule has 0 unspecified atom stereocenters. The lowest BCUT2D eigenvalue weighted by atomic mass is 9.90. The number of aromatic nitrogens is 2. The van der Waals surface area contributed by atoms with Crippen LogP contribution in [0, 0.1) is 6.92 Å². The van der Waals surface area contributed by atoms with E-state index in [1.54, 1.807) is 7.11 Å². The van der Waals surface area contributed by atoms with Gasteiger partial charge in [0.2, 0.25) is 5.82 Å². The standard InChI is InChI=1S/C24H38N6O2.2ClH/c1-6-24(3,4)29-23(31)22-26-18-12-11-16(2)15-17(18)21(28-22)27-19-9-7-8-10-20(19)30-25-13-14-32-5;;/h11-12,15,19-20,25,30H,6-10,13-14H2,1-5H3,(H,29,31)(H,26,27,28);2*1H/t19-,20+;;/m0../s1. The molecule has 0 spiro atoms. The second-order valence-electron chi connectivity index (χ2n) is 9.31. The SMILES string of the molecule is CCC(C)(C)NC(=O)c1nc(N[C@H]2CCCC[C@H]2NNCCOC)c2cc(C)ccc2n1.Cl.Cl. The molecule has 1 fully saturated rings. The molecule has 3 rings (SSSR count). The first-order valence-corrected chi connectivity index (χ1v) is 11.7. The molecule has 1 amide bonds. The van der Waals surface area contributed by atoms with Gasteiger partial charge in [0.15, 0.2) is 0 Å². The first-order valence-electron chi connectivity index (χ1n) is 11.7. The number of anilines is 1. The van der Waals surface area contributed by atoms with Gasteiger partial charge >= 0.3 is 0 Å². The molecule has 2 aromatic rings. The van der Waals surface area contributed by atoms with E-state index in [1.807, 2.05) is 32.9 Å². The van der Waals surface area contributed by atoms with E-state index in [0.717, 1.165) is 48.7 Å². The summed E-state index contributed by atoms with van der Waals surface area (Å²) in [5.74, 6) is 0.666. The largest absolute Gasteiger partial charge is 0.383 e. The van der Waals surface area contributed by atoms with Crippen LogP contribution in [0.5, 0.6) is 0 Å². The van der Waals surface area contributed by atoms with Crippen molar-refractivity contribution in [1.82, 2.24) is 26.1 Å². The van der Waals surface area contributed by atoms with Crippen LogP contribution in [0.1, 0.15) is 69.1 Å². The number of fused-ring (bicyclic) bond motifs is 1. The molecule has 1 aromatic carbocycles. The summed E-state index contributed by atoms with van der Waals surface area (Å²) >= 11 is 0. The second kappa shape index (κ2) is 14.0. The summed E-state index contributed by atoms with van der Waals surface area (Å²) in [5, 5.41) is 7.64. The first kappa shape index (κ1) is 30.3. The minimum Gasteiger partial charge on any atom is -0.383 e. The highest BCUT2D eigenvalue weighted by Crippen LogP contribution is 2.27. The molecule has 0 bridgehead atoms. The van der Waals surface area contributed by atoms with Crippen LogP contribution in [0.15, 0.2) is 18.2 Å². The number of ether oxygens (including phenoxy) is 1. The van der Waals surface area contributed by atoms with Gasteiger partial charge in [0.05, 0.1) is 12.1 Å². The van der Waals surface area contributed by atoms with E-state index in [4.69, 9.17) is 9.72 Å². The molecule has 0 radical (unpaired) electrons. The average molecular weight is 516 g/mol. The van der Waals surface area contributed by atoms with Gasteiger partial charge in [0, 0.05) is 36.7 Å². The fourth-order valence-corrected chi connectivity index (χ4v) is 3.91. The van der Waals surface area contributed by atoms with Gasteiger partial charge in [-0.25, -0.2) is 9.97 Å². The number of hydrogen-bond acceptors (Lipinski definition) is 7. The Balaban J connectivity index is 0.00000289. The third-order valence-electron chi connectivity index (χ3n) is 6.20. The van der Waals surface area contributed by atoms with Crippen LogP contribution < -0.4 is 21.5 Å². The molecule has 10 heteroatoms. The van der Waals surface area contributed by atoms with Gasteiger partial charge in [-0.3, -0.25) is 15.6 Å². The van der Waals surface area contributed by atoms with Crippen LogP contribution in [0.25, 0.3) is 10.9 Å². The summed E-state index contributed by atoms with van der Waals surface area (Å²) in [6, 6.07) is 6.51. The van der Waals surface area contributed by atoms with Crippen LogP contribution in [0.4, 0.5) is 5.82 Å². The van der Waals surface area contributed by atoms with Crippen molar-refractivity contribution in [3.8, 4) is 0 Å². The van der Waals surface area contributed by atoms with Crippen molar-refractivity contribution < 1.29 is 9.53 Å². The highest BCUT2D eigenvalue weighted by atomic mass is 35.5. The van der Waals surface area contributed by atoms with E-state index in [0.29, 0.717) is 12.4 Å². The molecule has 4 N–H and O–H groups in total. The van der Waals surface area contributed by atoms with Crippen molar-refractivity contribution in [2.24, 2.45) is 0 Å². The van der Waals surface area contributed by atoms with Crippen molar-refractivity contribution >= 4 is 47.4 Å². The van der Waals surface area contributed by atoms with Crippen molar-refractivity contribution in [3.63, 3.8) is 0 Å². The maximum absolute atomic E-state index is 12.9. The Morgan fingerprint density at radius 3 is 2.53 bits per heavy atom. The maximum atomic E-state index is 12.9. The summed E-state index contributed by atoms with van der Waals surface area (Å²) in [6.45, 7) is 9.51. The van der Waals surface area contributed by atoms with Crippen molar-refractivity contribution in [2.45, 2.75) is 77.4 Å². The molecule has 192 valence electrons. The van der Waals surface area contributed by atoms with Gasteiger partial charge < -0.3 is 15.4 Å². The fourth-order valence-electron chi connectivity index (χ4n) is 3.91. The number of aryl methyl sites for hydroxylation is 1. The molecule has 0 aliphatic heterocycles. The number of benzene rings is 1. The van der Waals surface area contributed by atoms with Crippen LogP contribution >= 0.6 is 24.8 Å².